The van der Waals surface area contributed by atoms with Crippen LogP contribution in [0.5, 0.6) is 0 Å². The van der Waals surface area contributed by atoms with Gasteiger partial charge in [0, 0.05) is 0 Å². The first-order valence-electron chi connectivity index (χ1n) is 6.94. The zero-order valence-corrected chi connectivity index (χ0v) is 14.8. The van der Waals surface area contributed by atoms with E-state index < -0.39 is 17.0 Å². The van der Waals surface area contributed by atoms with Crippen LogP contribution in [-0.2, 0) is 0 Å². The van der Waals surface area contributed by atoms with Gasteiger partial charge in [-0.2, -0.15) is 0 Å². The molecule has 0 bridgehead atoms. The number of fused-ring (bicyclic) bond motifs is 1. The summed E-state index contributed by atoms with van der Waals surface area (Å²) in [4.78, 5) is 10.5. The molecule has 0 spiro atoms. The molecule has 0 saturated carbocycles. The van der Waals surface area contributed by atoms with Crippen LogP contribution < -0.4 is 0 Å². The quantitative estimate of drug-likeness (QED) is 0.714. The Morgan fingerprint density at radius 1 is 1.06 bits per heavy atom. The van der Waals surface area contributed by atoms with Gasteiger partial charge >= 0.3 is 109 Å². The summed E-state index contributed by atoms with van der Waals surface area (Å²) in [6.07, 6.45) is 7.40. The fourth-order valence-electron chi connectivity index (χ4n) is 3.13. The molecule has 3 heteroatoms. The van der Waals surface area contributed by atoms with Crippen molar-refractivity contribution in [3.8, 4) is 0 Å². The topological polar surface area (TPSA) is 3.24 Å². The van der Waals surface area contributed by atoms with Crippen LogP contribution in [0.2, 0.25) is 14.8 Å². The molecule has 2 rings (SSSR count). The third-order valence-electron chi connectivity index (χ3n) is 3.96. The Morgan fingerprint density at radius 2 is 1.81 bits per heavy atom. The van der Waals surface area contributed by atoms with Crippen molar-refractivity contribution in [2.24, 2.45) is 5.92 Å². The molecule has 16 heavy (non-hydrogen) atoms. The molecule has 2 aliphatic rings. The third-order valence-corrected chi connectivity index (χ3v) is 14.3. The van der Waals surface area contributed by atoms with E-state index in [4.69, 9.17) is 0 Å². The van der Waals surface area contributed by atoms with Crippen molar-refractivity contribution in [1.29, 1.82) is 0 Å². The monoisotopic (exact) mass is 349 g/mol. The molecule has 0 unspecified atom stereocenters. The fourth-order valence-corrected chi connectivity index (χ4v) is 10.3. The molecular formula is C13H27NSSn. The maximum absolute atomic E-state index is 2.80. The van der Waals surface area contributed by atoms with Crippen LogP contribution in [0.3, 0.4) is 0 Å². The van der Waals surface area contributed by atoms with Crippen LogP contribution in [0.1, 0.15) is 32.1 Å². The first-order valence-corrected chi connectivity index (χ1v) is 20.0. The SMILES string of the molecule is [CH3][Sn]([CH3])([CH3])[S]C[C@@H]1CCCN2CCCC[C@H]12. The molecule has 0 amide bonds. The Morgan fingerprint density at radius 3 is 2.56 bits per heavy atom. The van der Waals surface area contributed by atoms with Crippen molar-refractivity contribution in [2.45, 2.75) is 53.0 Å². The van der Waals surface area contributed by atoms with Crippen molar-refractivity contribution in [3.05, 3.63) is 0 Å². The van der Waals surface area contributed by atoms with E-state index in [0.717, 1.165) is 12.0 Å². The second kappa shape index (κ2) is 5.83. The van der Waals surface area contributed by atoms with Gasteiger partial charge in [-0.05, 0) is 0 Å². The van der Waals surface area contributed by atoms with Crippen LogP contribution >= 0.6 is 8.95 Å². The minimum atomic E-state index is -1.59. The first-order chi connectivity index (χ1) is 7.56. The van der Waals surface area contributed by atoms with Crippen molar-refractivity contribution < 1.29 is 0 Å². The van der Waals surface area contributed by atoms with Gasteiger partial charge in [0.25, 0.3) is 0 Å². The van der Waals surface area contributed by atoms with Gasteiger partial charge in [-0.1, -0.05) is 0 Å². The summed E-state index contributed by atoms with van der Waals surface area (Å²) in [6.45, 7) is 2.79. The Balaban J connectivity index is 1.87. The van der Waals surface area contributed by atoms with Crippen molar-refractivity contribution in [1.82, 2.24) is 4.90 Å². The van der Waals surface area contributed by atoms with E-state index in [-0.39, 0.29) is 0 Å². The average Bonchev–Trinajstić information content (AvgIpc) is 2.25. The normalized spacial score (nSPS) is 32.4. The molecule has 0 aromatic heterocycles. The van der Waals surface area contributed by atoms with E-state index >= 15 is 0 Å². The van der Waals surface area contributed by atoms with E-state index in [2.05, 4.69) is 28.7 Å². The molecule has 2 heterocycles. The fraction of sp³-hybridized carbons (Fsp3) is 1.00. The van der Waals surface area contributed by atoms with Crippen LogP contribution in [0.25, 0.3) is 0 Å². The van der Waals surface area contributed by atoms with Gasteiger partial charge in [0.15, 0.2) is 0 Å². The number of nitrogens with zero attached hydrogens (tertiary/aromatic N) is 1. The standard InChI is InChI=1S/C10H19NS.3CH3.Sn/c12-8-9-4-3-7-11-6-2-1-5-10(9)11;;;;/h9-10,12H,1-8H2;3*1H3;/q;;;;+1/p-1/t9-,10+;;;;/m0..../s1. The van der Waals surface area contributed by atoms with E-state index in [1.807, 2.05) is 0 Å². The Hall–Kier alpha value is 1.11. The Kier molecular flexibility index (Phi) is 4.94. The summed E-state index contributed by atoms with van der Waals surface area (Å²) in [5.41, 5.74) is 0. The van der Waals surface area contributed by atoms with E-state index in [9.17, 15) is 0 Å². The van der Waals surface area contributed by atoms with E-state index in [1.54, 1.807) is 0 Å². The van der Waals surface area contributed by atoms with Crippen molar-refractivity contribution >= 4 is 25.9 Å². The molecule has 0 aromatic carbocycles. The molecular weight excluding hydrogens is 321 g/mol. The molecule has 2 fully saturated rings. The van der Waals surface area contributed by atoms with E-state index in [1.165, 1.54) is 50.9 Å². The summed E-state index contributed by atoms with van der Waals surface area (Å²) in [5.74, 6) is 2.50. The molecule has 0 N–H and O–H groups in total. The van der Waals surface area contributed by atoms with Crippen molar-refractivity contribution in [2.75, 3.05) is 18.8 Å². The summed E-state index contributed by atoms with van der Waals surface area (Å²) in [5, 5.41) is 0. The maximum atomic E-state index is 2.80. The van der Waals surface area contributed by atoms with Crippen LogP contribution in [0.4, 0.5) is 0 Å². The van der Waals surface area contributed by atoms with Gasteiger partial charge in [0.1, 0.15) is 0 Å². The Bertz CT molecular complexity index is 224. The summed E-state index contributed by atoms with van der Waals surface area (Å²) < 4.78 is 0. The van der Waals surface area contributed by atoms with Gasteiger partial charge in [-0.25, -0.2) is 0 Å². The zero-order valence-electron chi connectivity index (χ0n) is 11.2. The molecule has 0 radical (unpaired) electrons. The second-order valence-electron chi connectivity index (χ2n) is 6.42. The predicted octanol–water partition coefficient (Wildman–Crippen LogP) is 3.82. The Labute approximate surface area is 108 Å². The number of piperidine rings is 2. The average molecular weight is 348 g/mol. The molecule has 2 saturated heterocycles. The van der Waals surface area contributed by atoms with E-state index in [0.29, 0.717) is 0 Å². The predicted molar refractivity (Wildman–Crippen MR) is 77.7 cm³/mol. The summed E-state index contributed by atoms with van der Waals surface area (Å²) in [6, 6.07) is 0.962. The minimum absolute atomic E-state index is 0.962. The number of hydrogen-bond donors (Lipinski definition) is 0. The molecule has 2 atom stereocenters. The molecule has 0 aromatic rings. The third kappa shape index (κ3) is 3.81. The zero-order chi connectivity index (χ0) is 11.6. The van der Waals surface area contributed by atoms with Gasteiger partial charge in [0.05, 0.1) is 0 Å². The number of rotatable bonds is 3. The van der Waals surface area contributed by atoms with Crippen LogP contribution in [0.15, 0.2) is 0 Å². The van der Waals surface area contributed by atoms with Crippen LogP contribution in [0, 0.1) is 5.92 Å². The van der Waals surface area contributed by atoms with Gasteiger partial charge in [-0.15, -0.1) is 0 Å². The number of hydrogen-bond acceptors (Lipinski definition) is 2. The van der Waals surface area contributed by atoms with Gasteiger partial charge < -0.3 is 0 Å². The van der Waals surface area contributed by atoms with Crippen molar-refractivity contribution in [3.63, 3.8) is 0 Å². The van der Waals surface area contributed by atoms with Gasteiger partial charge in [-0.3, -0.25) is 0 Å². The summed E-state index contributed by atoms with van der Waals surface area (Å²) in [7, 11) is 2.38. The molecule has 94 valence electrons. The summed E-state index contributed by atoms with van der Waals surface area (Å²) >= 11 is -1.59. The molecule has 1 nitrogen and oxygen atoms in total. The first kappa shape index (κ1) is 13.5. The second-order valence-corrected chi connectivity index (χ2v) is 29.8. The van der Waals surface area contributed by atoms with Gasteiger partial charge in [0.2, 0.25) is 0 Å². The molecule has 0 aliphatic carbocycles. The molecule has 2 aliphatic heterocycles. The van der Waals surface area contributed by atoms with Crippen LogP contribution in [-0.4, -0.2) is 46.8 Å².